The third-order valence-electron chi connectivity index (χ3n) is 2.03. The van der Waals surface area contributed by atoms with Gasteiger partial charge >= 0.3 is 5.97 Å². The van der Waals surface area contributed by atoms with Gasteiger partial charge in [0, 0.05) is 26.6 Å². The van der Waals surface area contributed by atoms with Gasteiger partial charge in [0.05, 0.1) is 11.9 Å². The van der Waals surface area contributed by atoms with Gasteiger partial charge in [0.15, 0.2) is 0 Å². The first-order chi connectivity index (χ1) is 7.16. The average molecular weight is 207 g/mol. The van der Waals surface area contributed by atoms with E-state index in [1.54, 1.807) is 11.7 Å². The van der Waals surface area contributed by atoms with E-state index in [9.17, 15) is 4.79 Å². The van der Waals surface area contributed by atoms with E-state index in [-0.39, 0.29) is 5.56 Å². The van der Waals surface area contributed by atoms with Crippen molar-refractivity contribution in [1.29, 1.82) is 0 Å². The average Bonchev–Trinajstić information content (AvgIpc) is 2.55. The van der Waals surface area contributed by atoms with E-state index in [1.807, 2.05) is 0 Å². The standard InChI is InChI=1S/C10H13N3O2/c1-3-4-5-11-7-9-8(10(14)15)6-12-13(9)2/h1,6,11H,4-5,7H2,2H3,(H,14,15). The number of rotatable bonds is 5. The third kappa shape index (κ3) is 2.82. The van der Waals surface area contributed by atoms with Crippen LogP contribution in [0.5, 0.6) is 0 Å². The molecule has 0 amide bonds. The molecule has 15 heavy (non-hydrogen) atoms. The second kappa shape index (κ2) is 5.17. The van der Waals surface area contributed by atoms with E-state index in [0.717, 1.165) is 0 Å². The van der Waals surface area contributed by atoms with Gasteiger partial charge in [-0.1, -0.05) is 0 Å². The fourth-order valence-electron chi connectivity index (χ4n) is 1.22. The highest BCUT2D eigenvalue weighted by Crippen LogP contribution is 2.06. The van der Waals surface area contributed by atoms with Gasteiger partial charge < -0.3 is 10.4 Å². The summed E-state index contributed by atoms with van der Waals surface area (Å²) in [5, 5.41) is 15.8. The Morgan fingerprint density at radius 2 is 2.53 bits per heavy atom. The normalized spacial score (nSPS) is 9.87. The van der Waals surface area contributed by atoms with Gasteiger partial charge in [-0.15, -0.1) is 12.3 Å². The minimum atomic E-state index is -0.961. The molecule has 1 aromatic heterocycles. The van der Waals surface area contributed by atoms with E-state index in [2.05, 4.69) is 16.3 Å². The number of hydrogen-bond acceptors (Lipinski definition) is 3. The summed E-state index contributed by atoms with van der Waals surface area (Å²) in [4.78, 5) is 10.8. The molecule has 2 N–H and O–H groups in total. The van der Waals surface area contributed by atoms with E-state index in [4.69, 9.17) is 11.5 Å². The predicted octanol–water partition coefficient (Wildman–Crippen LogP) is 0.231. The van der Waals surface area contributed by atoms with E-state index < -0.39 is 5.97 Å². The van der Waals surface area contributed by atoms with E-state index >= 15 is 0 Å². The van der Waals surface area contributed by atoms with E-state index in [1.165, 1.54) is 6.20 Å². The Kier molecular flexibility index (Phi) is 3.89. The monoisotopic (exact) mass is 207 g/mol. The second-order valence-corrected chi connectivity index (χ2v) is 3.06. The molecule has 0 radical (unpaired) electrons. The maximum atomic E-state index is 10.8. The second-order valence-electron chi connectivity index (χ2n) is 3.06. The lowest BCUT2D eigenvalue weighted by atomic mass is 10.2. The summed E-state index contributed by atoms with van der Waals surface area (Å²) < 4.78 is 1.55. The maximum Gasteiger partial charge on any atom is 0.339 e. The van der Waals surface area contributed by atoms with Gasteiger partial charge in [0.1, 0.15) is 5.56 Å². The first-order valence-corrected chi connectivity index (χ1v) is 4.55. The van der Waals surface area contributed by atoms with Crippen molar-refractivity contribution >= 4 is 5.97 Å². The van der Waals surface area contributed by atoms with E-state index in [0.29, 0.717) is 25.2 Å². The highest BCUT2D eigenvalue weighted by atomic mass is 16.4. The molecule has 5 nitrogen and oxygen atoms in total. The highest BCUT2D eigenvalue weighted by Gasteiger charge is 2.13. The van der Waals surface area contributed by atoms with Gasteiger partial charge in [0.25, 0.3) is 0 Å². The van der Waals surface area contributed by atoms with Gasteiger partial charge in [-0.3, -0.25) is 4.68 Å². The topological polar surface area (TPSA) is 67.2 Å². The molecule has 0 atom stereocenters. The van der Waals surface area contributed by atoms with Crippen LogP contribution in [0.25, 0.3) is 0 Å². The van der Waals surface area contributed by atoms with Crippen molar-refractivity contribution in [2.24, 2.45) is 7.05 Å². The smallest absolute Gasteiger partial charge is 0.339 e. The summed E-state index contributed by atoms with van der Waals surface area (Å²) in [6.45, 7) is 1.13. The minimum Gasteiger partial charge on any atom is -0.478 e. The Balaban J connectivity index is 2.63. The SMILES string of the molecule is C#CCCNCc1c(C(=O)O)cnn1C. The summed E-state index contributed by atoms with van der Waals surface area (Å²) in [6, 6.07) is 0. The first-order valence-electron chi connectivity index (χ1n) is 4.55. The number of carboxylic acid groups (broad SMARTS) is 1. The molecule has 0 saturated carbocycles. The van der Waals surface area contributed by atoms with Crippen molar-refractivity contribution < 1.29 is 9.90 Å². The molecule has 1 heterocycles. The zero-order valence-electron chi connectivity index (χ0n) is 8.53. The van der Waals surface area contributed by atoms with Gasteiger partial charge in [0.2, 0.25) is 0 Å². The van der Waals surface area contributed by atoms with Crippen LogP contribution >= 0.6 is 0 Å². The Bertz CT molecular complexity index is 390. The molecule has 1 rings (SSSR count). The lowest BCUT2D eigenvalue weighted by molar-refractivity contribution is 0.0695. The van der Waals surface area contributed by atoms with Crippen LogP contribution in [-0.2, 0) is 13.6 Å². The molecule has 0 unspecified atom stereocenters. The molecule has 0 bridgehead atoms. The van der Waals surface area contributed by atoms with Crippen LogP contribution < -0.4 is 5.32 Å². The lowest BCUT2D eigenvalue weighted by Crippen LogP contribution is -2.18. The molecular weight excluding hydrogens is 194 g/mol. The van der Waals surface area contributed by atoms with Crippen LogP contribution in [0.2, 0.25) is 0 Å². The number of hydrogen-bond donors (Lipinski definition) is 2. The molecule has 0 saturated heterocycles. The summed E-state index contributed by atoms with van der Waals surface area (Å²) >= 11 is 0. The van der Waals surface area contributed by atoms with Crippen molar-refractivity contribution in [1.82, 2.24) is 15.1 Å². The van der Waals surface area contributed by atoms with Crippen molar-refractivity contribution in [3.8, 4) is 12.3 Å². The minimum absolute atomic E-state index is 0.228. The number of aromatic carboxylic acids is 1. The number of carbonyl (C=O) groups is 1. The molecule has 0 aliphatic rings. The van der Waals surface area contributed by atoms with Gasteiger partial charge in [-0.2, -0.15) is 5.10 Å². The van der Waals surface area contributed by atoms with Crippen molar-refractivity contribution in [2.45, 2.75) is 13.0 Å². The molecule has 0 aliphatic heterocycles. The molecular formula is C10H13N3O2. The van der Waals surface area contributed by atoms with Gasteiger partial charge in [-0.25, -0.2) is 4.79 Å². The largest absolute Gasteiger partial charge is 0.478 e. The molecule has 0 fully saturated rings. The van der Waals surface area contributed by atoms with Crippen molar-refractivity contribution in [3.05, 3.63) is 17.5 Å². The Morgan fingerprint density at radius 1 is 1.80 bits per heavy atom. The highest BCUT2D eigenvalue weighted by molar-refractivity contribution is 5.88. The summed E-state index contributed by atoms with van der Waals surface area (Å²) in [6.07, 6.45) is 7.07. The maximum absolute atomic E-state index is 10.8. The fraction of sp³-hybridized carbons (Fsp3) is 0.400. The summed E-state index contributed by atoms with van der Waals surface area (Å²) in [5.74, 6) is 1.54. The Hall–Kier alpha value is -1.80. The summed E-state index contributed by atoms with van der Waals surface area (Å²) in [5.41, 5.74) is 0.880. The van der Waals surface area contributed by atoms with Crippen LogP contribution in [0, 0.1) is 12.3 Å². The molecule has 0 spiro atoms. The Labute approximate surface area is 88.1 Å². The van der Waals surface area contributed by atoms with Crippen LogP contribution in [0.1, 0.15) is 22.5 Å². The first kappa shape index (κ1) is 11.3. The number of aryl methyl sites for hydroxylation is 1. The lowest BCUT2D eigenvalue weighted by Gasteiger charge is -2.04. The number of nitrogens with zero attached hydrogens (tertiary/aromatic N) is 2. The zero-order chi connectivity index (χ0) is 11.3. The Morgan fingerprint density at radius 3 is 3.13 bits per heavy atom. The van der Waals surface area contributed by atoms with Crippen LogP contribution in [0.4, 0.5) is 0 Å². The number of carboxylic acids is 1. The molecule has 5 heteroatoms. The molecule has 80 valence electrons. The fourth-order valence-corrected chi connectivity index (χ4v) is 1.22. The number of nitrogens with one attached hydrogen (secondary N) is 1. The van der Waals surface area contributed by atoms with Crippen LogP contribution in [0.3, 0.4) is 0 Å². The quantitative estimate of drug-likeness (QED) is 0.536. The number of aromatic nitrogens is 2. The van der Waals surface area contributed by atoms with Crippen molar-refractivity contribution in [2.75, 3.05) is 6.54 Å². The molecule has 0 aromatic carbocycles. The van der Waals surface area contributed by atoms with Crippen LogP contribution in [-0.4, -0.2) is 27.4 Å². The van der Waals surface area contributed by atoms with Gasteiger partial charge in [-0.05, 0) is 0 Å². The molecule has 1 aromatic rings. The predicted molar refractivity (Wildman–Crippen MR) is 55.3 cm³/mol. The number of terminal acetylenes is 1. The van der Waals surface area contributed by atoms with Crippen molar-refractivity contribution in [3.63, 3.8) is 0 Å². The third-order valence-corrected chi connectivity index (χ3v) is 2.03. The molecule has 0 aliphatic carbocycles. The zero-order valence-corrected chi connectivity index (χ0v) is 8.53. The van der Waals surface area contributed by atoms with Crippen LogP contribution in [0.15, 0.2) is 6.20 Å². The summed E-state index contributed by atoms with van der Waals surface area (Å²) in [7, 11) is 1.71.